The van der Waals surface area contributed by atoms with Crippen molar-refractivity contribution in [1.29, 1.82) is 0 Å². The van der Waals surface area contributed by atoms with E-state index in [0.717, 1.165) is 0 Å². The summed E-state index contributed by atoms with van der Waals surface area (Å²) in [4.78, 5) is 12.6. The quantitative estimate of drug-likeness (QED) is 0.265. The number of rotatable bonds is 9. The molecule has 0 aliphatic heterocycles. The smallest absolute Gasteiger partial charge is 0.192 e. The fourth-order valence-corrected chi connectivity index (χ4v) is 4.48. The zero-order valence-corrected chi connectivity index (χ0v) is 20.0. The molecule has 3 rings (SSSR count). The molecule has 0 amide bonds. The zero-order chi connectivity index (χ0) is 22.5. The monoisotopic (exact) mass is 479 g/mol. The summed E-state index contributed by atoms with van der Waals surface area (Å²) in [5.41, 5.74) is 0.434. The number of hydrogen-bond acceptors (Lipinski definition) is 6. The summed E-state index contributed by atoms with van der Waals surface area (Å²) in [5.74, 6) is 2.14. The van der Waals surface area contributed by atoms with E-state index in [1.807, 2.05) is 49.6 Å². The molecule has 0 fully saturated rings. The Hall–Kier alpha value is -2.22. The minimum atomic E-state index is -0.349. The third-order valence-corrected chi connectivity index (χ3v) is 5.98. The molecular weight excluding hydrogens is 457 g/mol. The van der Waals surface area contributed by atoms with E-state index in [9.17, 15) is 4.79 Å². The molecular formula is C22H23Cl2N3O3S. The van der Waals surface area contributed by atoms with Crippen LogP contribution in [0.5, 0.6) is 11.5 Å². The second-order valence-corrected chi connectivity index (χ2v) is 8.87. The number of benzene rings is 2. The molecule has 0 radical (unpaired) electrons. The van der Waals surface area contributed by atoms with Crippen LogP contribution in [0.2, 0.25) is 10.0 Å². The van der Waals surface area contributed by atoms with E-state index in [2.05, 4.69) is 10.2 Å². The molecule has 0 bridgehead atoms. The third kappa shape index (κ3) is 5.73. The fourth-order valence-electron chi connectivity index (χ4n) is 3.00. The zero-order valence-electron chi connectivity index (χ0n) is 17.6. The largest absolute Gasteiger partial charge is 0.497 e. The van der Waals surface area contributed by atoms with Crippen molar-refractivity contribution in [2.75, 3.05) is 12.9 Å². The van der Waals surface area contributed by atoms with E-state index >= 15 is 0 Å². The standard InChI is InChI=1S/C22H23Cl2N3O3S/c1-13(2)27-21(14(3)30-17-7-5-6-16(11-17)29-4)25-26-22(27)31-12-20(28)18-9-8-15(23)10-19(18)24/h5-11,13-14H,12H2,1-4H3. The highest BCUT2D eigenvalue weighted by Crippen LogP contribution is 2.30. The number of Topliss-reactive ketones (excluding diaryl/α,β-unsaturated/α-hetero) is 1. The van der Waals surface area contributed by atoms with Crippen molar-refractivity contribution in [1.82, 2.24) is 14.8 Å². The van der Waals surface area contributed by atoms with Gasteiger partial charge in [-0.15, -0.1) is 10.2 Å². The molecule has 6 nitrogen and oxygen atoms in total. The second-order valence-electron chi connectivity index (χ2n) is 7.08. The van der Waals surface area contributed by atoms with Crippen molar-refractivity contribution in [3.63, 3.8) is 0 Å². The predicted molar refractivity (Wildman–Crippen MR) is 124 cm³/mol. The van der Waals surface area contributed by atoms with Gasteiger partial charge in [-0.1, -0.05) is 41.0 Å². The maximum atomic E-state index is 12.6. The van der Waals surface area contributed by atoms with E-state index < -0.39 is 0 Å². The summed E-state index contributed by atoms with van der Waals surface area (Å²) in [6.07, 6.45) is -0.349. The Morgan fingerprint density at radius 1 is 1.10 bits per heavy atom. The van der Waals surface area contributed by atoms with E-state index in [1.165, 1.54) is 11.8 Å². The minimum Gasteiger partial charge on any atom is -0.497 e. The normalized spacial score (nSPS) is 12.1. The molecule has 1 atom stereocenters. The van der Waals surface area contributed by atoms with Gasteiger partial charge in [0.05, 0.1) is 17.9 Å². The average Bonchev–Trinajstić information content (AvgIpc) is 3.16. The van der Waals surface area contributed by atoms with E-state index in [1.54, 1.807) is 25.3 Å². The number of carbonyl (C=O) groups is 1. The first-order valence-electron chi connectivity index (χ1n) is 9.66. The lowest BCUT2D eigenvalue weighted by atomic mass is 10.1. The number of ketones is 1. The Morgan fingerprint density at radius 3 is 2.52 bits per heavy atom. The molecule has 2 aromatic carbocycles. The summed E-state index contributed by atoms with van der Waals surface area (Å²) in [6.45, 7) is 5.98. The first-order valence-corrected chi connectivity index (χ1v) is 11.4. The van der Waals surface area contributed by atoms with Crippen molar-refractivity contribution in [3.8, 4) is 11.5 Å². The number of ether oxygens (including phenoxy) is 2. The SMILES string of the molecule is COc1cccc(OC(C)c2nnc(SCC(=O)c3ccc(Cl)cc3Cl)n2C(C)C)c1. The molecule has 0 aliphatic rings. The van der Waals surface area contributed by atoms with Crippen LogP contribution in [0.25, 0.3) is 0 Å². The molecule has 9 heteroatoms. The average molecular weight is 480 g/mol. The van der Waals surface area contributed by atoms with Crippen LogP contribution in [-0.4, -0.2) is 33.4 Å². The molecule has 164 valence electrons. The van der Waals surface area contributed by atoms with Crippen LogP contribution in [0.15, 0.2) is 47.6 Å². The van der Waals surface area contributed by atoms with Crippen molar-refractivity contribution in [3.05, 3.63) is 63.9 Å². The van der Waals surface area contributed by atoms with Crippen LogP contribution in [0.3, 0.4) is 0 Å². The summed E-state index contributed by atoms with van der Waals surface area (Å²) in [6, 6.07) is 12.3. The van der Waals surface area contributed by atoms with E-state index in [-0.39, 0.29) is 23.7 Å². The van der Waals surface area contributed by atoms with Crippen molar-refractivity contribution in [2.45, 2.75) is 38.1 Å². The van der Waals surface area contributed by atoms with Crippen molar-refractivity contribution in [2.24, 2.45) is 0 Å². The Morgan fingerprint density at radius 2 is 1.84 bits per heavy atom. The molecule has 0 saturated carbocycles. The molecule has 0 saturated heterocycles. The van der Waals surface area contributed by atoms with Gasteiger partial charge in [0.25, 0.3) is 0 Å². The summed E-state index contributed by atoms with van der Waals surface area (Å²) < 4.78 is 13.3. The summed E-state index contributed by atoms with van der Waals surface area (Å²) in [5, 5.41) is 10.1. The topological polar surface area (TPSA) is 66.2 Å². The number of hydrogen-bond donors (Lipinski definition) is 0. The van der Waals surface area contributed by atoms with Crippen LogP contribution >= 0.6 is 35.0 Å². The highest BCUT2D eigenvalue weighted by Gasteiger charge is 2.22. The van der Waals surface area contributed by atoms with Gasteiger partial charge in [0, 0.05) is 22.7 Å². The van der Waals surface area contributed by atoms with Gasteiger partial charge in [-0.2, -0.15) is 0 Å². The van der Waals surface area contributed by atoms with E-state index in [0.29, 0.717) is 38.1 Å². The van der Waals surface area contributed by atoms with Crippen LogP contribution < -0.4 is 9.47 Å². The first kappa shape index (κ1) is 23.4. The number of thioether (sulfide) groups is 1. The van der Waals surface area contributed by atoms with Gasteiger partial charge in [-0.3, -0.25) is 4.79 Å². The van der Waals surface area contributed by atoms with Gasteiger partial charge in [0.15, 0.2) is 22.9 Å². The van der Waals surface area contributed by atoms with Gasteiger partial charge in [-0.05, 0) is 51.1 Å². The van der Waals surface area contributed by atoms with Gasteiger partial charge in [0.1, 0.15) is 11.5 Å². The second kappa shape index (κ2) is 10.4. The minimum absolute atomic E-state index is 0.0816. The lowest BCUT2D eigenvalue weighted by Gasteiger charge is -2.19. The molecule has 0 aliphatic carbocycles. The molecule has 1 unspecified atom stereocenters. The van der Waals surface area contributed by atoms with E-state index in [4.69, 9.17) is 32.7 Å². The van der Waals surface area contributed by atoms with Crippen LogP contribution in [0.1, 0.15) is 49.1 Å². The molecule has 31 heavy (non-hydrogen) atoms. The fraction of sp³-hybridized carbons (Fsp3) is 0.318. The van der Waals surface area contributed by atoms with Crippen molar-refractivity contribution >= 4 is 40.7 Å². The molecule has 0 spiro atoms. The lowest BCUT2D eigenvalue weighted by molar-refractivity contribution is 0.102. The van der Waals surface area contributed by atoms with Gasteiger partial charge in [0.2, 0.25) is 0 Å². The summed E-state index contributed by atoms with van der Waals surface area (Å²) in [7, 11) is 1.61. The van der Waals surface area contributed by atoms with Crippen LogP contribution in [0.4, 0.5) is 0 Å². The number of nitrogens with zero attached hydrogens (tertiary/aromatic N) is 3. The van der Waals surface area contributed by atoms with Gasteiger partial charge in [-0.25, -0.2) is 0 Å². The molecule has 1 aromatic heterocycles. The Balaban J connectivity index is 1.75. The number of aromatic nitrogens is 3. The van der Waals surface area contributed by atoms with Crippen LogP contribution in [0, 0.1) is 0 Å². The Labute approximate surface area is 195 Å². The Kier molecular flexibility index (Phi) is 7.86. The Bertz CT molecular complexity index is 1070. The number of methoxy groups -OCH3 is 1. The molecule has 1 heterocycles. The first-order chi connectivity index (χ1) is 14.8. The van der Waals surface area contributed by atoms with Gasteiger partial charge < -0.3 is 14.0 Å². The highest BCUT2D eigenvalue weighted by atomic mass is 35.5. The lowest BCUT2D eigenvalue weighted by Crippen LogP contribution is -2.14. The maximum Gasteiger partial charge on any atom is 0.192 e. The maximum absolute atomic E-state index is 12.6. The predicted octanol–water partition coefficient (Wildman–Crippen LogP) is 6.29. The molecule has 3 aromatic rings. The molecule has 0 N–H and O–H groups in total. The number of halogens is 2. The number of carbonyl (C=O) groups excluding carboxylic acids is 1. The van der Waals surface area contributed by atoms with Crippen LogP contribution in [-0.2, 0) is 0 Å². The third-order valence-electron chi connectivity index (χ3n) is 4.49. The van der Waals surface area contributed by atoms with Gasteiger partial charge >= 0.3 is 0 Å². The van der Waals surface area contributed by atoms with Crippen molar-refractivity contribution < 1.29 is 14.3 Å². The summed E-state index contributed by atoms with van der Waals surface area (Å²) >= 11 is 13.4. The highest BCUT2D eigenvalue weighted by molar-refractivity contribution is 7.99.